The lowest BCUT2D eigenvalue weighted by Gasteiger charge is -2.51. The molecule has 12 heterocycles. The highest BCUT2D eigenvalue weighted by molar-refractivity contribution is 5.73. The molecule has 1 unspecified atom stereocenters. The van der Waals surface area contributed by atoms with Crippen molar-refractivity contribution in [3.8, 4) is 0 Å². The summed E-state index contributed by atoms with van der Waals surface area (Å²) >= 11 is 0. The first kappa shape index (κ1) is 114. The highest BCUT2D eigenvalue weighted by Crippen LogP contribution is 2.43. The zero-order chi connectivity index (χ0) is 102. The van der Waals surface area contributed by atoms with Crippen LogP contribution in [0.1, 0.15) is 13.8 Å². The van der Waals surface area contributed by atoms with E-state index in [1.165, 1.54) is 0 Å². The first-order chi connectivity index (χ1) is 65.9. The molecule has 808 valence electrons. The Morgan fingerprint density at radius 1 is 0.187 bits per heavy atom. The van der Waals surface area contributed by atoms with Crippen molar-refractivity contribution in [2.45, 2.75) is 382 Å². The van der Waals surface area contributed by atoms with Crippen LogP contribution in [0.2, 0.25) is 0 Å². The molecule has 12 rings (SSSR count). The number of aliphatic hydroxyl groups is 36. The van der Waals surface area contributed by atoms with Gasteiger partial charge in [0.1, 0.15) is 293 Å². The average molecular weight is 2050 g/mol. The minimum absolute atomic E-state index is 0.836. The summed E-state index contributed by atoms with van der Waals surface area (Å²) in [5.41, 5.74) is 0. The summed E-state index contributed by atoms with van der Waals surface area (Å²) in [6, 6.07) is -3.75. The zero-order valence-electron chi connectivity index (χ0n) is 73.4. The van der Waals surface area contributed by atoms with Gasteiger partial charge in [-0.15, -0.1) is 0 Å². The van der Waals surface area contributed by atoms with Gasteiger partial charge in [-0.1, -0.05) is 0 Å². The third-order valence-electron chi connectivity index (χ3n) is 25.9. The standard InChI is InChI=1S/C76H128N2O61/c1-15(89)77-29-41(101)56(25(11-87)119-65(29)116)131-66-30(78-16(2)90)42(102)57(26(12-88)128-66)132-73-55(115)61(40(100)28(130-73)14-118-68-52(112)60(39(99)27(129-68)13-117-67-49(109)43(103)31(91)17(3-79)120-67)135-74-62(46(106)34(94)20(6-82)125-74)137-70-51(111)45(105)33(93)19(5-81)122-70)136-75-64(48(108)36(96)21(7-83)126-75)139-76-63(47(107)35(95)22(8-84)127-76)138-72-54(114)59(38(98)24(10-86)124-72)134-71-53(113)58(37(97)23(9-85)123-71)133-69-50(110)44(104)32(92)18(4-80)121-69/h17-76,79-88,91-116H,3-14H2,1-2H3,(H,77,89)(H,78,90)/t17-,18-,19-,20-,21-,22-,23-,24-,25-,26-,27-,28-,29-,30-,31-,32-,33-,34-,35-,36-,37-,38-,39-,40-,41-,42-,43+,44+,45+,46-,47+,48+,49+,50-,51+,52+,53-,54+,55+,56-,57-,58+,59+,60+,61+,62+,63+,64+,65?,66+,67+,68+,69-,70-,71-,72-,73+,74-,75-,76-/m1/s1. The van der Waals surface area contributed by atoms with Crippen molar-refractivity contribution in [1.29, 1.82) is 0 Å². The van der Waals surface area contributed by atoms with E-state index < -0.39 is 459 Å². The maximum absolute atomic E-state index is 13.2. The van der Waals surface area contributed by atoms with Gasteiger partial charge in [0.2, 0.25) is 11.8 Å². The molecule has 139 heavy (non-hydrogen) atoms. The number of ether oxygens (including phenoxy) is 23. The first-order valence-corrected chi connectivity index (χ1v) is 44.2. The van der Waals surface area contributed by atoms with E-state index in [-0.39, 0.29) is 0 Å². The summed E-state index contributed by atoms with van der Waals surface area (Å²) in [7, 11) is 0. The number of nitrogens with one attached hydrogen (secondary N) is 2. The van der Waals surface area contributed by atoms with Crippen molar-refractivity contribution < 1.29 is 302 Å². The van der Waals surface area contributed by atoms with Gasteiger partial charge in [0.25, 0.3) is 0 Å². The predicted molar refractivity (Wildman–Crippen MR) is 418 cm³/mol. The summed E-state index contributed by atoms with van der Waals surface area (Å²) in [4.78, 5) is 25.4. The summed E-state index contributed by atoms with van der Waals surface area (Å²) in [6.45, 7) is -12.2. The van der Waals surface area contributed by atoms with Crippen LogP contribution in [0.4, 0.5) is 0 Å². The van der Waals surface area contributed by atoms with Crippen LogP contribution in [0.25, 0.3) is 0 Å². The van der Waals surface area contributed by atoms with Crippen LogP contribution in [-0.4, -0.2) is 643 Å². The van der Waals surface area contributed by atoms with Crippen molar-refractivity contribution in [1.82, 2.24) is 10.6 Å². The lowest BCUT2D eigenvalue weighted by Crippen LogP contribution is -2.70. The van der Waals surface area contributed by atoms with E-state index in [4.69, 9.17) is 109 Å². The molecule has 2 amide bonds. The molecule has 12 saturated heterocycles. The lowest BCUT2D eigenvalue weighted by atomic mass is 9.94. The molecule has 60 atom stereocenters. The minimum atomic E-state index is -2.74. The lowest BCUT2D eigenvalue weighted by molar-refractivity contribution is -0.412. The fourth-order valence-electron chi connectivity index (χ4n) is 18.0. The van der Waals surface area contributed by atoms with Crippen molar-refractivity contribution in [2.75, 3.05) is 79.3 Å². The number of rotatable bonds is 36. The molecule has 0 saturated carbocycles. The van der Waals surface area contributed by atoms with E-state index in [1.54, 1.807) is 0 Å². The summed E-state index contributed by atoms with van der Waals surface area (Å²) in [5.74, 6) is -1.85. The third kappa shape index (κ3) is 24.5. The number of amides is 2. The van der Waals surface area contributed by atoms with E-state index in [0.717, 1.165) is 13.8 Å². The Morgan fingerprint density at radius 2 is 0.388 bits per heavy atom. The average Bonchev–Trinajstić information content (AvgIpc) is 0.762. The molecule has 0 radical (unpaired) electrons. The normalized spacial score (nSPS) is 51.9. The van der Waals surface area contributed by atoms with Crippen molar-refractivity contribution >= 4 is 11.8 Å². The highest BCUT2D eigenvalue weighted by atomic mass is 16.8. The van der Waals surface area contributed by atoms with Crippen LogP contribution in [0.5, 0.6) is 0 Å². The van der Waals surface area contributed by atoms with Gasteiger partial charge >= 0.3 is 0 Å². The van der Waals surface area contributed by atoms with Crippen LogP contribution < -0.4 is 10.6 Å². The summed E-state index contributed by atoms with van der Waals surface area (Å²) < 4.78 is 135. The quantitative estimate of drug-likeness (QED) is 0.0277. The van der Waals surface area contributed by atoms with E-state index in [2.05, 4.69) is 10.6 Å². The minimum Gasteiger partial charge on any atom is -0.394 e. The first-order valence-electron chi connectivity index (χ1n) is 44.2. The van der Waals surface area contributed by atoms with Crippen LogP contribution in [0.3, 0.4) is 0 Å². The van der Waals surface area contributed by atoms with Crippen LogP contribution in [0.15, 0.2) is 0 Å². The fourth-order valence-corrected chi connectivity index (χ4v) is 18.0. The number of aliphatic hydroxyl groups excluding tert-OH is 36. The van der Waals surface area contributed by atoms with Crippen molar-refractivity contribution in [3.05, 3.63) is 0 Å². The smallest absolute Gasteiger partial charge is 0.217 e. The van der Waals surface area contributed by atoms with Gasteiger partial charge in [-0.25, -0.2) is 0 Å². The Kier molecular flexibility index (Phi) is 41.0. The summed E-state index contributed by atoms with van der Waals surface area (Å²) in [5, 5.41) is 408. The molecule has 12 aliphatic rings. The zero-order valence-corrected chi connectivity index (χ0v) is 73.4. The Labute approximate surface area is 784 Å². The van der Waals surface area contributed by atoms with Gasteiger partial charge in [0, 0.05) is 13.8 Å². The molecule has 0 spiro atoms. The van der Waals surface area contributed by atoms with Crippen LogP contribution in [-0.2, 0) is 119 Å². The topological polar surface area (TPSA) is 999 Å². The second-order valence-corrected chi connectivity index (χ2v) is 35.2. The molecule has 0 aromatic rings. The second kappa shape index (κ2) is 49.8. The number of carbonyl (C=O) groups is 2. The van der Waals surface area contributed by atoms with Gasteiger partial charge in [-0.05, 0) is 0 Å². The Balaban J connectivity index is 0.876. The van der Waals surface area contributed by atoms with Gasteiger partial charge < -0.3 is 303 Å². The van der Waals surface area contributed by atoms with E-state index in [9.17, 15) is 193 Å². The Bertz CT molecular complexity index is 3730. The monoisotopic (exact) mass is 2040 g/mol. The van der Waals surface area contributed by atoms with E-state index >= 15 is 0 Å². The molecule has 63 heteroatoms. The van der Waals surface area contributed by atoms with Gasteiger partial charge in [-0.2, -0.15) is 0 Å². The van der Waals surface area contributed by atoms with Gasteiger partial charge in [0.15, 0.2) is 75.5 Å². The molecule has 63 nitrogen and oxygen atoms in total. The molecule has 0 aliphatic carbocycles. The molecule has 38 N–H and O–H groups in total. The van der Waals surface area contributed by atoms with Crippen LogP contribution >= 0.6 is 0 Å². The second-order valence-electron chi connectivity index (χ2n) is 35.2. The van der Waals surface area contributed by atoms with Gasteiger partial charge in [-0.3, -0.25) is 9.59 Å². The fraction of sp³-hybridized carbons (Fsp3) is 0.974. The molecule has 12 fully saturated rings. The van der Waals surface area contributed by atoms with Crippen molar-refractivity contribution in [2.24, 2.45) is 0 Å². The maximum Gasteiger partial charge on any atom is 0.217 e. The summed E-state index contributed by atoms with van der Waals surface area (Å²) in [6.07, 6.45) is -130. The SMILES string of the molecule is CC(=O)N[C@H]1[C@H](O[C@H]2[C@H](O)[C@@H](NC(C)=O)C(O)O[C@@H]2CO)O[C@H](CO)[C@@H](O[C@@H]2O[C@H](CO[C@H]3O[C@H](CO[C@H]4O[C@H](CO)[C@@H](O)[C@H](O)[C@@H]4O)[C@@H](O)[C@H](O[C@H]4O[C@H](CO)[C@@H](O)[C@@H](O)[C@@H]4O[C@H]4O[C@H](CO)[C@@H](O)[C@H](O)[C@@H]4O)[C@@H]3O)[C@@H](O)[C@H](O[C@H]3O[C@H](CO)[C@@H](O)[C@H](O)[C@@H]3O[C@H]3O[C@H](CO)[C@@H](O)[C@H](O)[C@@H]3O[C@H]3O[C@H](CO)[C@@H](O)[C@H](O[C@H]4O[C@H](CO)[C@@H](O)[C@H](O[C@H]5O[C@H](CO)[C@@H](O)[C@H](O)[C@H]5O)[C@H]4O)[C@@H]3O)[C@@H]2O)[C@@H]1O. The predicted octanol–water partition coefficient (Wildman–Crippen LogP) is -26.9. The maximum atomic E-state index is 13.2. The molecule has 0 bridgehead atoms. The van der Waals surface area contributed by atoms with E-state index in [1.807, 2.05) is 0 Å². The third-order valence-corrected chi connectivity index (χ3v) is 25.9. The molecule has 0 aromatic carbocycles. The number of hydrogen-bond acceptors (Lipinski definition) is 61. The van der Waals surface area contributed by atoms with Crippen LogP contribution in [0, 0.1) is 0 Å². The largest absolute Gasteiger partial charge is 0.394 e. The van der Waals surface area contributed by atoms with Gasteiger partial charge in [0.05, 0.1) is 79.3 Å². The molecular weight excluding hydrogens is 1920 g/mol. The van der Waals surface area contributed by atoms with Crippen molar-refractivity contribution in [3.63, 3.8) is 0 Å². The number of hydrogen-bond donors (Lipinski definition) is 38. The Hall–Kier alpha value is -3.42. The molecule has 0 aromatic heterocycles. The number of carbonyl (C=O) groups excluding carboxylic acids is 2. The highest BCUT2D eigenvalue weighted by Gasteiger charge is 2.64. The molecular formula is C76H128N2O61. The molecule has 12 aliphatic heterocycles. The Morgan fingerprint density at radius 3 is 0.719 bits per heavy atom. The van der Waals surface area contributed by atoms with E-state index in [0.29, 0.717) is 0 Å².